The minimum Gasteiger partial charge on any atom is -0.305 e. The van der Waals surface area contributed by atoms with Gasteiger partial charge in [0.2, 0.25) is 0 Å². The molecule has 2 aromatic carbocycles. The first-order valence-electron chi connectivity index (χ1n) is 9.10. The maximum atomic E-state index is 14.1. The van der Waals surface area contributed by atoms with Crippen molar-refractivity contribution in [2.45, 2.75) is 32.5 Å². The molecule has 150 valence electrons. The molecule has 0 bridgehead atoms. The quantitative estimate of drug-likeness (QED) is 0.578. The van der Waals surface area contributed by atoms with Crippen LogP contribution in [0, 0.1) is 11.6 Å². The summed E-state index contributed by atoms with van der Waals surface area (Å²) in [6.07, 6.45) is 0. The molecule has 2 N–H and O–H groups in total. The van der Waals surface area contributed by atoms with Gasteiger partial charge in [-0.05, 0) is 44.2 Å². The average molecular weight is 461 g/mol. The zero-order valence-electron chi connectivity index (χ0n) is 15.9. The van der Waals surface area contributed by atoms with E-state index in [9.17, 15) is 13.6 Å². The number of halogens is 3. The normalized spacial score (nSPS) is 15.3. The zero-order valence-corrected chi connectivity index (χ0v) is 17.5. The fraction of sp³-hybridized carbons (Fsp3) is 0.238. The van der Waals surface area contributed by atoms with E-state index in [1.165, 1.54) is 6.07 Å². The van der Waals surface area contributed by atoms with Crippen molar-refractivity contribution in [1.29, 1.82) is 0 Å². The van der Waals surface area contributed by atoms with Crippen molar-refractivity contribution < 1.29 is 13.6 Å². The van der Waals surface area contributed by atoms with Crippen molar-refractivity contribution in [2.75, 3.05) is 5.32 Å². The molecule has 0 atom stereocenters. The first-order chi connectivity index (χ1) is 13.8. The summed E-state index contributed by atoms with van der Waals surface area (Å²) >= 11 is 3.35. The Morgan fingerprint density at radius 2 is 1.97 bits per heavy atom. The van der Waals surface area contributed by atoms with Gasteiger partial charge in [0.1, 0.15) is 0 Å². The first-order valence-corrected chi connectivity index (χ1v) is 9.89. The Bertz CT molecular complexity index is 1080. The second kappa shape index (κ2) is 7.35. The predicted molar refractivity (Wildman–Crippen MR) is 109 cm³/mol. The molecule has 8 heteroatoms. The molecular formula is C21H19BrF2N4O. The number of benzene rings is 2. The Labute approximate surface area is 175 Å². The fourth-order valence-corrected chi connectivity index (χ4v) is 3.85. The Kier molecular flexibility index (Phi) is 5.00. The number of amides is 1. The summed E-state index contributed by atoms with van der Waals surface area (Å²) in [4.78, 5) is 14.6. The van der Waals surface area contributed by atoms with Crippen LogP contribution in [0.1, 0.15) is 41.0 Å². The second-order valence-corrected chi connectivity index (χ2v) is 8.43. The minimum absolute atomic E-state index is 0.235. The number of hydrogen-bond donors (Lipinski definition) is 2. The van der Waals surface area contributed by atoms with Gasteiger partial charge in [0.05, 0.1) is 11.2 Å². The van der Waals surface area contributed by atoms with E-state index in [4.69, 9.17) is 0 Å². The molecule has 1 amide bonds. The Hall–Kier alpha value is -2.58. The Morgan fingerprint density at radius 3 is 2.69 bits per heavy atom. The zero-order chi connectivity index (χ0) is 20.8. The molecule has 5 nitrogen and oxygen atoms in total. The summed E-state index contributed by atoms with van der Waals surface area (Å²) < 4.78 is 28.6. The average Bonchev–Trinajstić information content (AvgIpc) is 3.18. The monoisotopic (exact) mass is 460 g/mol. The maximum absolute atomic E-state index is 14.1. The highest BCUT2D eigenvalue weighted by atomic mass is 79.9. The summed E-state index contributed by atoms with van der Waals surface area (Å²) in [5, 5.41) is 10.1. The molecule has 2 heterocycles. The first kappa shape index (κ1) is 19.7. The SMILES string of the molecule is CC1(C)c2[nH]nc(NC(=O)c3ccc(Br)cc3)c2CN1Cc1cccc(F)c1F. The molecule has 1 aromatic heterocycles. The fourth-order valence-electron chi connectivity index (χ4n) is 3.59. The highest BCUT2D eigenvalue weighted by Crippen LogP contribution is 2.41. The lowest BCUT2D eigenvalue weighted by Crippen LogP contribution is -2.35. The van der Waals surface area contributed by atoms with E-state index < -0.39 is 17.2 Å². The van der Waals surface area contributed by atoms with Gasteiger partial charge >= 0.3 is 0 Å². The van der Waals surface area contributed by atoms with Gasteiger partial charge in [0.15, 0.2) is 17.5 Å². The van der Waals surface area contributed by atoms with Gasteiger partial charge in [-0.3, -0.25) is 14.8 Å². The number of aromatic nitrogens is 2. The Morgan fingerprint density at radius 1 is 1.24 bits per heavy atom. The maximum Gasteiger partial charge on any atom is 0.256 e. The lowest BCUT2D eigenvalue weighted by molar-refractivity contribution is 0.102. The standard InChI is InChI=1S/C21H19BrF2N4O/c1-21(2)18-15(11-28(21)10-13-4-3-5-16(23)17(13)24)19(27-26-18)25-20(29)12-6-8-14(22)9-7-12/h3-9H,10-11H2,1-2H3,(H2,25,26,27,29). The van der Waals surface area contributed by atoms with Crippen molar-refractivity contribution in [2.24, 2.45) is 0 Å². The van der Waals surface area contributed by atoms with E-state index >= 15 is 0 Å². The van der Waals surface area contributed by atoms with Crippen molar-refractivity contribution in [3.63, 3.8) is 0 Å². The third-order valence-corrected chi connectivity index (χ3v) is 5.88. The second-order valence-electron chi connectivity index (χ2n) is 7.51. The van der Waals surface area contributed by atoms with Crippen molar-refractivity contribution in [3.05, 3.63) is 81.0 Å². The van der Waals surface area contributed by atoms with Crippen LogP contribution in [0.25, 0.3) is 0 Å². The molecule has 3 aromatic rings. The molecule has 0 saturated heterocycles. The number of nitrogens with one attached hydrogen (secondary N) is 2. The number of fused-ring (bicyclic) bond motifs is 1. The summed E-state index contributed by atoms with van der Waals surface area (Å²) in [6.45, 7) is 4.65. The van der Waals surface area contributed by atoms with Crippen molar-refractivity contribution in [3.8, 4) is 0 Å². The van der Waals surface area contributed by atoms with Crippen LogP contribution in [0.3, 0.4) is 0 Å². The van der Waals surface area contributed by atoms with E-state index in [1.54, 1.807) is 30.3 Å². The van der Waals surface area contributed by atoms with Crippen LogP contribution in [0.15, 0.2) is 46.9 Å². The molecule has 0 unspecified atom stereocenters. The number of aromatic amines is 1. The van der Waals surface area contributed by atoms with Gasteiger partial charge in [-0.1, -0.05) is 28.1 Å². The third kappa shape index (κ3) is 3.58. The van der Waals surface area contributed by atoms with E-state index in [-0.39, 0.29) is 18.0 Å². The predicted octanol–water partition coefficient (Wildman–Crippen LogP) is 4.95. The van der Waals surface area contributed by atoms with Crippen LogP contribution >= 0.6 is 15.9 Å². The molecule has 4 rings (SSSR count). The molecule has 0 fully saturated rings. The molecule has 0 spiro atoms. The van der Waals surface area contributed by atoms with Gasteiger partial charge in [-0.15, -0.1) is 0 Å². The van der Waals surface area contributed by atoms with Crippen molar-refractivity contribution in [1.82, 2.24) is 15.1 Å². The topological polar surface area (TPSA) is 61.0 Å². The molecule has 0 radical (unpaired) electrons. The lowest BCUT2D eigenvalue weighted by Gasteiger charge is -2.31. The molecular weight excluding hydrogens is 442 g/mol. The third-order valence-electron chi connectivity index (χ3n) is 5.35. The van der Waals surface area contributed by atoms with Crippen LogP contribution in [-0.4, -0.2) is 21.0 Å². The van der Waals surface area contributed by atoms with Gasteiger partial charge in [-0.25, -0.2) is 8.78 Å². The largest absolute Gasteiger partial charge is 0.305 e. The number of H-pyrrole nitrogens is 1. The minimum atomic E-state index is -0.859. The van der Waals surface area contributed by atoms with Crippen LogP contribution in [0.2, 0.25) is 0 Å². The van der Waals surface area contributed by atoms with Gasteiger partial charge in [-0.2, -0.15) is 5.10 Å². The number of carbonyl (C=O) groups excluding carboxylic acids is 1. The molecule has 1 aliphatic rings. The van der Waals surface area contributed by atoms with Crippen LogP contribution < -0.4 is 5.32 Å². The van der Waals surface area contributed by atoms with Crippen LogP contribution in [0.5, 0.6) is 0 Å². The molecule has 0 aliphatic carbocycles. The van der Waals surface area contributed by atoms with Gasteiger partial charge in [0, 0.05) is 34.3 Å². The van der Waals surface area contributed by atoms with Crippen LogP contribution in [0.4, 0.5) is 14.6 Å². The smallest absolute Gasteiger partial charge is 0.256 e. The molecule has 1 aliphatic heterocycles. The number of anilines is 1. The van der Waals surface area contributed by atoms with E-state index in [2.05, 4.69) is 31.4 Å². The van der Waals surface area contributed by atoms with E-state index in [1.807, 2.05) is 18.7 Å². The number of carbonyl (C=O) groups is 1. The van der Waals surface area contributed by atoms with Gasteiger partial charge in [0.25, 0.3) is 5.91 Å². The summed E-state index contributed by atoms with van der Waals surface area (Å²) in [7, 11) is 0. The summed E-state index contributed by atoms with van der Waals surface area (Å²) in [6, 6.07) is 11.2. The molecule has 0 saturated carbocycles. The number of nitrogens with zero attached hydrogens (tertiary/aromatic N) is 2. The van der Waals surface area contributed by atoms with Crippen LogP contribution in [-0.2, 0) is 18.6 Å². The molecule has 29 heavy (non-hydrogen) atoms. The lowest BCUT2D eigenvalue weighted by atomic mass is 10.00. The summed E-state index contributed by atoms with van der Waals surface area (Å²) in [5.74, 6) is -1.51. The number of rotatable bonds is 4. The van der Waals surface area contributed by atoms with Gasteiger partial charge < -0.3 is 5.32 Å². The highest BCUT2D eigenvalue weighted by Gasteiger charge is 2.41. The van der Waals surface area contributed by atoms with E-state index in [0.717, 1.165) is 21.8 Å². The van der Waals surface area contributed by atoms with E-state index in [0.29, 0.717) is 17.9 Å². The number of hydrogen-bond acceptors (Lipinski definition) is 3. The highest BCUT2D eigenvalue weighted by molar-refractivity contribution is 9.10. The Balaban J connectivity index is 1.56. The van der Waals surface area contributed by atoms with Crippen molar-refractivity contribution >= 4 is 27.7 Å². The summed E-state index contributed by atoms with van der Waals surface area (Å²) in [5.41, 5.74) is 2.01.